The summed E-state index contributed by atoms with van der Waals surface area (Å²) >= 11 is 0. The van der Waals surface area contributed by atoms with Gasteiger partial charge in [-0.25, -0.2) is 9.97 Å². The molecule has 1 aliphatic heterocycles. The van der Waals surface area contributed by atoms with Gasteiger partial charge < -0.3 is 20.0 Å². The van der Waals surface area contributed by atoms with Gasteiger partial charge in [-0.15, -0.1) is 0 Å². The fourth-order valence-corrected chi connectivity index (χ4v) is 4.53. The first-order valence-corrected chi connectivity index (χ1v) is 12.6. The minimum Gasteiger partial charge on any atom is -0.383 e. The van der Waals surface area contributed by atoms with Crippen molar-refractivity contribution in [1.82, 2.24) is 19.8 Å². The summed E-state index contributed by atoms with van der Waals surface area (Å²) in [5, 5.41) is 5.82. The molecule has 3 heterocycles. The zero-order chi connectivity index (χ0) is 24.6. The minimum absolute atomic E-state index is 0. The highest BCUT2D eigenvalue weighted by Crippen LogP contribution is 2.24. The Labute approximate surface area is 211 Å². The SMILES string of the molecule is C=C/C(=C\N(C)C)c1ccc2cnc(NCCCc3ccnc(N4CCN(CC)CC4)c3)cc2c1.[HH]. The van der Waals surface area contributed by atoms with Crippen LogP contribution in [0.15, 0.2) is 67.6 Å². The summed E-state index contributed by atoms with van der Waals surface area (Å²) in [6.45, 7) is 12.6. The quantitative estimate of drug-likeness (QED) is 0.325. The molecule has 0 aliphatic carbocycles. The number of fused-ring (bicyclic) bond motifs is 1. The lowest BCUT2D eigenvalue weighted by molar-refractivity contribution is 0.270. The molecule has 4 rings (SSSR count). The number of pyridine rings is 2. The van der Waals surface area contributed by atoms with Gasteiger partial charge in [-0.05, 0) is 65.7 Å². The minimum atomic E-state index is 0. The second kappa shape index (κ2) is 11.8. The van der Waals surface area contributed by atoms with Gasteiger partial charge in [0.15, 0.2) is 0 Å². The van der Waals surface area contributed by atoms with Gasteiger partial charge in [-0.2, -0.15) is 0 Å². The van der Waals surface area contributed by atoms with Gasteiger partial charge in [0.05, 0.1) is 0 Å². The number of aromatic nitrogens is 2. The summed E-state index contributed by atoms with van der Waals surface area (Å²) in [6.07, 6.45) is 9.95. The summed E-state index contributed by atoms with van der Waals surface area (Å²) in [5.41, 5.74) is 3.60. The normalized spacial score (nSPS) is 14.8. The molecule has 0 radical (unpaired) electrons. The number of likely N-dealkylation sites (N-methyl/N-ethyl adjacent to an activating group) is 1. The van der Waals surface area contributed by atoms with E-state index in [-0.39, 0.29) is 1.43 Å². The number of nitrogens with one attached hydrogen (secondary N) is 1. The van der Waals surface area contributed by atoms with Gasteiger partial charge in [0.25, 0.3) is 0 Å². The highest BCUT2D eigenvalue weighted by molar-refractivity contribution is 5.88. The number of benzene rings is 1. The Morgan fingerprint density at radius 3 is 2.66 bits per heavy atom. The molecule has 3 aromatic rings. The van der Waals surface area contributed by atoms with Crippen LogP contribution in [0.4, 0.5) is 11.6 Å². The summed E-state index contributed by atoms with van der Waals surface area (Å²) in [5.74, 6) is 2.02. The van der Waals surface area contributed by atoms with Crippen LogP contribution in [0.1, 0.15) is 25.9 Å². The number of hydrogen-bond acceptors (Lipinski definition) is 6. The zero-order valence-corrected chi connectivity index (χ0v) is 21.4. The molecule has 0 atom stereocenters. The maximum atomic E-state index is 4.63. The molecule has 186 valence electrons. The topological polar surface area (TPSA) is 47.5 Å². The molecule has 0 amide bonds. The molecule has 6 nitrogen and oxygen atoms in total. The van der Waals surface area contributed by atoms with Gasteiger partial charge in [0, 0.05) is 72.2 Å². The number of hydrogen-bond donors (Lipinski definition) is 1. The predicted molar refractivity (Wildman–Crippen MR) is 151 cm³/mol. The molecule has 6 heteroatoms. The summed E-state index contributed by atoms with van der Waals surface area (Å²) < 4.78 is 0. The van der Waals surface area contributed by atoms with Gasteiger partial charge in [0.2, 0.25) is 0 Å². The number of anilines is 2. The highest BCUT2D eigenvalue weighted by Gasteiger charge is 2.16. The van der Waals surface area contributed by atoms with E-state index in [0.29, 0.717) is 0 Å². The van der Waals surface area contributed by atoms with Crippen molar-refractivity contribution in [2.75, 3.05) is 63.6 Å². The lowest BCUT2D eigenvalue weighted by Crippen LogP contribution is -2.46. The first-order chi connectivity index (χ1) is 17.1. The number of piperazine rings is 1. The van der Waals surface area contributed by atoms with Crippen LogP contribution in [-0.4, -0.2) is 73.1 Å². The van der Waals surface area contributed by atoms with Gasteiger partial charge in [-0.3, -0.25) is 0 Å². The van der Waals surface area contributed by atoms with Crippen molar-refractivity contribution in [1.29, 1.82) is 0 Å². The fraction of sp³-hybridized carbons (Fsp3) is 0.379. The largest absolute Gasteiger partial charge is 0.383 e. The Balaban J connectivity index is 0.00000361. The number of rotatable bonds is 10. The van der Waals surface area contributed by atoms with E-state index in [2.05, 4.69) is 81.2 Å². The van der Waals surface area contributed by atoms with Gasteiger partial charge in [0.1, 0.15) is 11.6 Å². The fourth-order valence-electron chi connectivity index (χ4n) is 4.53. The van der Waals surface area contributed by atoms with E-state index in [0.717, 1.165) is 80.3 Å². The van der Waals surface area contributed by atoms with E-state index in [1.165, 1.54) is 10.9 Å². The first-order valence-electron chi connectivity index (χ1n) is 12.6. The van der Waals surface area contributed by atoms with Crippen molar-refractivity contribution in [3.8, 4) is 0 Å². The molecule has 1 saturated heterocycles. The van der Waals surface area contributed by atoms with E-state index < -0.39 is 0 Å². The lowest BCUT2D eigenvalue weighted by atomic mass is 10.0. The third-order valence-electron chi connectivity index (χ3n) is 6.57. The van der Waals surface area contributed by atoms with Crippen LogP contribution in [-0.2, 0) is 6.42 Å². The monoisotopic (exact) mass is 472 g/mol. The van der Waals surface area contributed by atoms with E-state index in [4.69, 9.17) is 0 Å². The van der Waals surface area contributed by atoms with Crippen molar-refractivity contribution >= 4 is 28.0 Å². The summed E-state index contributed by atoms with van der Waals surface area (Å²) in [7, 11) is 4.05. The van der Waals surface area contributed by atoms with Crippen LogP contribution in [0.25, 0.3) is 16.3 Å². The molecule has 1 aromatic carbocycles. The first kappa shape index (κ1) is 24.7. The van der Waals surface area contributed by atoms with Crippen LogP contribution < -0.4 is 10.2 Å². The Hall–Kier alpha value is -3.38. The van der Waals surface area contributed by atoms with Crippen LogP contribution >= 0.6 is 0 Å². The molecule has 0 saturated carbocycles. The summed E-state index contributed by atoms with van der Waals surface area (Å²) in [4.78, 5) is 16.2. The van der Waals surface area contributed by atoms with Crippen LogP contribution in [0.5, 0.6) is 0 Å². The van der Waals surface area contributed by atoms with Crippen molar-refractivity contribution in [3.05, 3.63) is 78.8 Å². The van der Waals surface area contributed by atoms with Gasteiger partial charge >= 0.3 is 0 Å². The van der Waals surface area contributed by atoms with E-state index >= 15 is 0 Å². The maximum absolute atomic E-state index is 4.63. The molecule has 0 unspecified atom stereocenters. The molecular formula is C29H40N6. The molecule has 1 aliphatic rings. The maximum Gasteiger partial charge on any atom is 0.128 e. The molecule has 35 heavy (non-hydrogen) atoms. The Bertz CT molecular complexity index is 1170. The van der Waals surface area contributed by atoms with E-state index in [1.807, 2.05) is 37.5 Å². The molecule has 1 fully saturated rings. The second-order valence-corrected chi connectivity index (χ2v) is 9.36. The molecule has 1 N–H and O–H groups in total. The van der Waals surface area contributed by atoms with Gasteiger partial charge in [-0.1, -0.05) is 31.7 Å². The highest BCUT2D eigenvalue weighted by atomic mass is 15.3. The zero-order valence-electron chi connectivity index (χ0n) is 21.4. The van der Waals surface area contributed by atoms with Crippen molar-refractivity contribution in [2.45, 2.75) is 19.8 Å². The lowest BCUT2D eigenvalue weighted by Gasteiger charge is -2.34. The van der Waals surface area contributed by atoms with Crippen LogP contribution in [0.3, 0.4) is 0 Å². The van der Waals surface area contributed by atoms with E-state index in [1.54, 1.807) is 0 Å². The van der Waals surface area contributed by atoms with Crippen LogP contribution in [0, 0.1) is 0 Å². The van der Waals surface area contributed by atoms with E-state index in [9.17, 15) is 0 Å². The average Bonchev–Trinajstić information content (AvgIpc) is 2.89. The molecular weight excluding hydrogens is 432 g/mol. The summed E-state index contributed by atoms with van der Waals surface area (Å²) in [6, 6.07) is 13.0. The number of allylic oxidation sites excluding steroid dienone is 2. The van der Waals surface area contributed by atoms with Crippen molar-refractivity contribution in [3.63, 3.8) is 0 Å². The smallest absolute Gasteiger partial charge is 0.128 e. The Kier molecular flexibility index (Phi) is 8.37. The third kappa shape index (κ3) is 6.61. The van der Waals surface area contributed by atoms with Crippen molar-refractivity contribution in [2.24, 2.45) is 0 Å². The van der Waals surface area contributed by atoms with Crippen molar-refractivity contribution < 1.29 is 1.43 Å². The van der Waals surface area contributed by atoms with Crippen LogP contribution in [0.2, 0.25) is 0 Å². The third-order valence-corrected chi connectivity index (χ3v) is 6.57. The molecule has 2 aromatic heterocycles. The standard InChI is InChI=1S/C29H38N6.H2/c1-5-24(22-33(3)4)25-9-10-26-21-32-28(20-27(26)19-25)30-12-7-8-23-11-13-31-29(18-23)35-16-14-34(6-2)15-17-35;/h5,9-11,13,18-22H,1,6-8,12,14-17H2,2-4H3,(H,30,32);1H/b24-22+;. The number of aryl methyl sites for hydroxylation is 1. The molecule has 0 bridgehead atoms. The Morgan fingerprint density at radius 2 is 1.91 bits per heavy atom. The average molecular weight is 473 g/mol. The second-order valence-electron chi connectivity index (χ2n) is 9.36. The predicted octanol–water partition coefficient (Wildman–Crippen LogP) is 5.15. The Morgan fingerprint density at radius 1 is 1.09 bits per heavy atom. The molecule has 0 spiro atoms. The number of nitrogens with zero attached hydrogens (tertiary/aromatic N) is 5.